The molecule has 0 bridgehead atoms. The molecule has 0 spiro atoms. The summed E-state index contributed by atoms with van der Waals surface area (Å²) in [6.45, 7) is 7.03. The molecule has 1 aromatic heterocycles. The van der Waals surface area contributed by atoms with Gasteiger partial charge in [0.1, 0.15) is 11.6 Å². The van der Waals surface area contributed by atoms with Gasteiger partial charge in [0.15, 0.2) is 5.82 Å². The summed E-state index contributed by atoms with van der Waals surface area (Å²) in [5, 5.41) is 3.26. The van der Waals surface area contributed by atoms with E-state index in [0.29, 0.717) is 0 Å². The Morgan fingerprint density at radius 2 is 2.13 bits per heavy atom. The van der Waals surface area contributed by atoms with Crippen LogP contribution in [-0.2, 0) is 24.3 Å². The van der Waals surface area contributed by atoms with Crippen LogP contribution in [0.25, 0.3) is 0 Å². The molecule has 1 atom stereocenters. The molecule has 4 rings (SSSR count). The minimum absolute atomic E-state index is 0.0209. The van der Waals surface area contributed by atoms with Gasteiger partial charge in [-0.05, 0) is 37.8 Å². The van der Waals surface area contributed by atoms with E-state index in [4.69, 9.17) is 14.7 Å². The maximum Gasteiger partial charge on any atom is 0.220 e. The number of fused-ring (bicyclic) bond motifs is 1. The Bertz CT molecular complexity index is 945. The predicted octanol–water partition coefficient (Wildman–Crippen LogP) is 3.08. The molecule has 1 fully saturated rings. The molecule has 7 heteroatoms. The van der Waals surface area contributed by atoms with E-state index in [0.717, 1.165) is 68.5 Å². The predicted molar refractivity (Wildman–Crippen MR) is 116 cm³/mol. The number of amides is 1. The van der Waals surface area contributed by atoms with Crippen LogP contribution < -0.4 is 10.1 Å². The highest BCUT2D eigenvalue weighted by atomic mass is 16.5. The molecule has 2 aliphatic rings. The summed E-state index contributed by atoms with van der Waals surface area (Å²) in [6, 6.07) is 6.35. The molecule has 2 aliphatic heterocycles. The molecule has 1 aromatic carbocycles. The molecule has 160 valence electrons. The molecule has 30 heavy (non-hydrogen) atoms. The lowest BCUT2D eigenvalue weighted by Crippen LogP contribution is -2.34. The van der Waals surface area contributed by atoms with E-state index in [9.17, 15) is 4.79 Å². The molecular formula is C23H31N5O2. The summed E-state index contributed by atoms with van der Waals surface area (Å²) in [5.41, 5.74) is 4.65. The molecule has 0 saturated carbocycles. The van der Waals surface area contributed by atoms with Gasteiger partial charge in [0, 0.05) is 51.3 Å². The fourth-order valence-corrected chi connectivity index (χ4v) is 4.63. The van der Waals surface area contributed by atoms with Gasteiger partial charge in [-0.15, -0.1) is 0 Å². The lowest BCUT2D eigenvalue weighted by molar-refractivity contribution is -0.129. The third-order valence-electron chi connectivity index (χ3n) is 6.19. The number of anilines is 1. The van der Waals surface area contributed by atoms with Gasteiger partial charge in [0.2, 0.25) is 5.91 Å². The molecule has 1 saturated heterocycles. The quantitative estimate of drug-likeness (QED) is 0.818. The molecule has 2 aromatic rings. The number of hydrogen-bond donors (Lipinski definition) is 1. The number of hydrogen-bond acceptors (Lipinski definition) is 6. The average molecular weight is 410 g/mol. The fraction of sp³-hybridized carbons (Fsp3) is 0.522. The standard InChI is InChI=1S/C23H31N5O2/c1-15-7-8-17(21(12-15)30-4)13-27-11-9-18-19(14-27)25-23(26-22(18)24-3)20-6-5-10-28(20)16(2)29/h7-8,12,20H,5-6,9-11,13-14H2,1-4H3,(H,24,25,26)/t20-/m0/s1. The number of rotatable bonds is 5. The maximum atomic E-state index is 12.0. The summed E-state index contributed by atoms with van der Waals surface area (Å²) in [6.07, 6.45) is 2.83. The average Bonchev–Trinajstić information content (AvgIpc) is 3.24. The lowest BCUT2D eigenvalue weighted by atomic mass is 10.0. The smallest absolute Gasteiger partial charge is 0.220 e. The van der Waals surface area contributed by atoms with Crippen molar-refractivity contribution >= 4 is 11.7 Å². The SMILES string of the molecule is CNc1nc([C@@H]2CCCN2C(C)=O)nc2c1CCN(Cc1ccc(C)cc1OC)C2. The highest BCUT2D eigenvalue weighted by molar-refractivity contribution is 5.74. The van der Waals surface area contributed by atoms with E-state index in [1.165, 1.54) is 16.7 Å². The highest BCUT2D eigenvalue weighted by Gasteiger charge is 2.32. The van der Waals surface area contributed by atoms with Crippen molar-refractivity contribution in [3.63, 3.8) is 0 Å². The number of carbonyl (C=O) groups is 1. The number of ether oxygens (including phenoxy) is 1. The van der Waals surface area contributed by atoms with Crippen LogP contribution in [0.1, 0.15) is 54.0 Å². The van der Waals surface area contributed by atoms with Crippen LogP contribution in [0.5, 0.6) is 5.75 Å². The van der Waals surface area contributed by atoms with Crippen molar-refractivity contribution in [2.75, 3.05) is 32.6 Å². The van der Waals surface area contributed by atoms with Crippen LogP contribution in [0.15, 0.2) is 18.2 Å². The van der Waals surface area contributed by atoms with Crippen LogP contribution >= 0.6 is 0 Å². The Kier molecular flexibility index (Phi) is 5.90. The van der Waals surface area contributed by atoms with E-state index in [1.54, 1.807) is 14.0 Å². The van der Waals surface area contributed by atoms with Gasteiger partial charge in [0.05, 0.1) is 18.8 Å². The minimum atomic E-state index is -0.0209. The number of aromatic nitrogens is 2. The first-order valence-electron chi connectivity index (χ1n) is 10.7. The third kappa shape index (κ3) is 3.99. The Labute approximate surface area is 178 Å². The van der Waals surface area contributed by atoms with Gasteiger partial charge in [0.25, 0.3) is 0 Å². The summed E-state index contributed by atoms with van der Waals surface area (Å²) in [5.74, 6) is 2.69. The van der Waals surface area contributed by atoms with Crippen molar-refractivity contribution < 1.29 is 9.53 Å². The Morgan fingerprint density at radius 1 is 1.30 bits per heavy atom. The molecule has 0 unspecified atom stereocenters. The van der Waals surface area contributed by atoms with Crippen molar-refractivity contribution in [2.45, 2.75) is 52.2 Å². The van der Waals surface area contributed by atoms with Crippen molar-refractivity contribution in [1.29, 1.82) is 0 Å². The van der Waals surface area contributed by atoms with Gasteiger partial charge in [-0.25, -0.2) is 9.97 Å². The fourth-order valence-electron chi connectivity index (χ4n) is 4.63. The van der Waals surface area contributed by atoms with Gasteiger partial charge in [-0.3, -0.25) is 9.69 Å². The molecule has 7 nitrogen and oxygen atoms in total. The number of aryl methyl sites for hydroxylation is 1. The monoisotopic (exact) mass is 409 g/mol. The second-order valence-electron chi connectivity index (χ2n) is 8.25. The number of nitrogens with zero attached hydrogens (tertiary/aromatic N) is 4. The van der Waals surface area contributed by atoms with Crippen LogP contribution in [-0.4, -0.2) is 52.9 Å². The van der Waals surface area contributed by atoms with Crippen molar-refractivity contribution in [3.8, 4) is 5.75 Å². The van der Waals surface area contributed by atoms with Gasteiger partial charge < -0.3 is 15.0 Å². The van der Waals surface area contributed by atoms with E-state index in [1.807, 2.05) is 11.9 Å². The number of likely N-dealkylation sites (tertiary alicyclic amines) is 1. The maximum absolute atomic E-state index is 12.0. The lowest BCUT2D eigenvalue weighted by Gasteiger charge is -2.31. The van der Waals surface area contributed by atoms with Crippen molar-refractivity contribution in [3.05, 3.63) is 46.4 Å². The second kappa shape index (κ2) is 8.60. The van der Waals surface area contributed by atoms with E-state index >= 15 is 0 Å². The second-order valence-corrected chi connectivity index (χ2v) is 8.25. The number of carbonyl (C=O) groups excluding carboxylic acids is 1. The normalized spacial score (nSPS) is 18.9. The van der Waals surface area contributed by atoms with E-state index < -0.39 is 0 Å². The van der Waals surface area contributed by atoms with Crippen LogP contribution in [0.3, 0.4) is 0 Å². The topological polar surface area (TPSA) is 70.6 Å². The molecule has 1 amide bonds. The molecule has 3 heterocycles. The molecular weight excluding hydrogens is 378 g/mol. The van der Waals surface area contributed by atoms with Crippen molar-refractivity contribution in [1.82, 2.24) is 19.8 Å². The summed E-state index contributed by atoms with van der Waals surface area (Å²) >= 11 is 0. The summed E-state index contributed by atoms with van der Waals surface area (Å²) < 4.78 is 5.59. The van der Waals surface area contributed by atoms with Crippen LogP contribution in [0.4, 0.5) is 5.82 Å². The van der Waals surface area contributed by atoms with Gasteiger partial charge in [-0.2, -0.15) is 0 Å². The van der Waals surface area contributed by atoms with Crippen molar-refractivity contribution in [2.24, 2.45) is 0 Å². The van der Waals surface area contributed by atoms with Crippen LogP contribution in [0, 0.1) is 6.92 Å². The Balaban J connectivity index is 1.60. The zero-order valence-corrected chi connectivity index (χ0v) is 18.4. The Hall–Kier alpha value is -2.67. The number of benzene rings is 1. The Morgan fingerprint density at radius 3 is 2.87 bits per heavy atom. The number of methoxy groups -OCH3 is 1. The summed E-state index contributed by atoms with van der Waals surface area (Å²) in [7, 11) is 3.64. The van der Waals surface area contributed by atoms with E-state index in [2.05, 4.69) is 35.3 Å². The minimum Gasteiger partial charge on any atom is -0.496 e. The zero-order valence-electron chi connectivity index (χ0n) is 18.4. The molecule has 1 N–H and O–H groups in total. The zero-order chi connectivity index (χ0) is 21.3. The van der Waals surface area contributed by atoms with Gasteiger partial charge >= 0.3 is 0 Å². The summed E-state index contributed by atoms with van der Waals surface area (Å²) in [4.78, 5) is 26.1. The first kappa shape index (κ1) is 20.6. The van der Waals surface area contributed by atoms with Crippen LogP contribution in [0.2, 0.25) is 0 Å². The van der Waals surface area contributed by atoms with Gasteiger partial charge in [-0.1, -0.05) is 12.1 Å². The first-order chi connectivity index (χ1) is 14.5. The van der Waals surface area contributed by atoms with E-state index in [-0.39, 0.29) is 11.9 Å². The third-order valence-corrected chi connectivity index (χ3v) is 6.19. The number of nitrogens with one attached hydrogen (secondary N) is 1. The highest BCUT2D eigenvalue weighted by Crippen LogP contribution is 2.33. The molecule has 0 aliphatic carbocycles. The molecule has 0 radical (unpaired) electrons. The largest absolute Gasteiger partial charge is 0.496 e. The first-order valence-corrected chi connectivity index (χ1v) is 10.7.